The van der Waals surface area contributed by atoms with Gasteiger partial charge in [0.2, 0.25) is 6.41 Å². The van der Waals surface area contributed by atoms with Gasteiger partial charge in [-0.1, -0.05) is 12.1 Å². The van der Waals surface area contributed by atoms with Crippen molar-refractivity contribution in [3.63, 3.8) is 0 Å². The molecule has 0 atom stereocenters. The molecule has 1 heterocycles. The van der Waals surface area contributed by atoms with Crippen LogP contribution in [-0.4, -0.2) is 29.0 Å². The van der Waals surface area contributed by atoms with Crippen molar-refractivity contribution < 1.29 is 14.0 Å². The molecule has 1 aromatic heterocycles. The minimum absolute atomic E-state index is 0.236. The monoisotopic (exact) mass is 338 g/mol. The molecule has 2 aromatic carbocycles. The lowest BCUT2D eigenvalue weighted by Crippen LogP contribution is -2.02. The van der Waals surface area contributed by atoms with E-state index >= 15 is 0 Å². The Morgan fingerprint density at radius 1 is 1.04 bits per heavy atom. The van der Waals surface area contributed by atoms with Crippen LogP contribution in [0.1, 0.15) is 0 Å². The molecule has 2 N–H and O–H groups in total. The van der Waals surface area contributed by atoms with E-state index in [2.05, 4.69) is 15.7 Å². The van der Waals surface area contributed by atoms with Crippen LogP contribution in [0, 0.1) is 5.82 Å². The minimum Gasteiger partial charge on any atom is -0.378 e. The molecule has 0 aliphatic rings. The Labute approximate surface area is 143 Å². The fourth-order valence-electron chi connectivity index (χ4n) is 2.42. The first kappa shape index (κ1) is 16.4. The molecular formula is C18H15FN4O2. The summed E-state index contributed by atoms with van der Waals surface area (Å²) < 4.78 is 14.8. The van der Waals surface area contributed by atoms with Crippen LogP contribution in [0.3, 0.4) is 0 Å². The Morgan fingerprint density at radius 3 is 2.40 bits per heavy atom. The van der Waals surface area contributed by atoms with E-state index in [1.54, 1.807) is 22.9 Å². The summed E-state index contributed by atoms with van der Waals surface area (Å²) in [7, 11) is 0. The average molecular weight is 338 g/mol. The molecule has 126 valence electrons. The van der Waals surface area contributed by atoms with Gasteiger partial charge in [-0.2, -0.15) is 0 Å². The fraction of sp³-hybridized carbons (Fsp3) is 0.0556. The lowest BCUT2D eigenvalue weighted by molar-refractivity contribution is -0.106. The molecule has 0 aliphatic carbocycles. The molecule has 3 aromatic rings. The van der Waals surface area contributed by atoms with Crippen molar-refractivity contribution in [2.24, 2.45) is 0 Å². The predicted octanol–water partition coefficient (Wildman–Crippen LogP) is 2.86. The molecule has 0 saturated heterocycles. The highest BCUT2D eigenvalue weighted by Gasteiger charge is 2.12. The maximum absolute atomic E-state index is 13.2. The highest BCUT2D eigenvalue weighted by molar-refractivity contribution is 5.74. The van der Waals surface area contributed by atoms with Gasteiger partial charge in [-0.05, 0) is 36.4 Å². The Bertz CT molecular complexity index is 873. The van der Waals surface area contributed by atoms with E-state index in [0.717, 1.165) is 23.2 Å². The number of nitrogens with zero attached hydrogens (tertiary/aromatic N) is 2. The van der Waals surface area contributed by atoms with Gasteiger partial charge in [0.05, 0.1) is 17.9 Å². The minimum atomic E-state index is -0.339. The maximum atomic E-state index is 13.2. The summed E-state index contributed by atoms with van der Waals surface area (Å²) in [4.78, 5) is 21.1. The smallest absolute Gasteiger partial charge is 0.212 e. The summed E-state index contributed by atoms with van der Waals surface area (Å²) in [5.74, 6) is 0.0479. The number of amides is 1. The van der Waals surface area contributed by atoms with Crippen LogP contribution in [-0.2, 0) is 9.59 Å². The summed E-state index contributed by atoms with van der Waals surface area (Å²) in [6.45, 7) is 0.236. The van der Waals surface area contributed by atoms with Crippen molar-refractivity contribution in [2.45, 2.75) is 0 Å². The first-order valence-electron chi connectivity index (χ1n) is 7.55. The normalized spacial score (nSPS) is 10.3. The summed E-state index contributed by atoms with van der Waals surface area (Å²) in [5.41, 5.74) is 3.07. The largest absolute Gasteiger partial charge is 0.378 e. The first-order chi connectivity index (χ1) is 12.2. The number of nitrogens with one attached hydrogen (secondary N) is 2. The van der Waals surface area contributed by atoms with E-state index < -0.39 is 0 Å². The molecule has 25 heavy (non-hydrogen) atoms. The summed E-state index contributed by atoms with van der Waals surface area (Å²) >= 11 is 0. The third-order valence-electron chi connectivity index (χ3n) is 3.56. The Balaban J connectivity index is 2.00. The molecule has 0 fully saturated rings. The highest BCUT2D eigenvalue weighted by atomic mass is 19.1. The van der Waals surface area contributed by atoms with Gasteiger partial charge in [0.15, 0.2) is 5.82 Å². The first-order valence-corrected chi connectivity index (χ1v) is 7.55. The summed E-state index contributed by atoms with van der Waals surface area (Å²) in [5, 5.41) is 9.82. The average Bonchev–Trinajstić information content (AvgIpc) is 3.05. The topological polar surface area (TPSA) is 76.0 Å². The number of carbonyl (C=O) groups is 2. The quantitative estimate of drug-likeness (QED) is 0.650. The van der Waals surface area contributed by atoms with Gasteiger partial charge in [-0.3, -0.25) is 4.79 Å². The fourth-order valence-corrected chi connectivity index (χ4v) is 2.42. The predicted molar refractivity (Wildman–Crippen MR) is 93.2 cm³/mol. The van der Waals surface area contributed by atoms with Crippen LogP contribution >= 0.6 is 0 Å². The number of halogens is 1. The number of benzene rings is 2. The number of carbonyl (C=O) groups excluding carboxylic acids is 2. The Kier molecular flexibility index (Phi) is 4.84. The van der Waals surface area contributed by atoms with Gasteiger partial charge in [0.25, 0.3) is 0 Å². The molecule has 1 amide bonds. The molecule has 3 rings (SSSR count). The van der Waals surface area contributed by atoms with Crippen LogP contribution in [0.2, 0.25) is 0 Å². The molecule has 0 bridgehead atoms. The Hall–Kier alpha value is -3.48. The maximum Gasteiger partial charge on any atom is 0.212 e. The zero-order valence-electron chi connectivity index (χ0n) is 13.1. The highest BCUT2D eigenvalue weighted by Crippen LogP contribution is 2.27. The molecule has 7 heteroatoms. The number of hydrogen-bond acceptors (Lipinski definition) is 4. The van der Waals surface area contributed by atoms with Gasteiger partial charge in [-0.25, -0.2) is 9.07 Å². The Morgan fingerprint density at radius 2 is 1.76 bits per heavy atom. The molecule has 0 saturated carbocycles. The summed E-state index contributed by atoms with van der Waals surface area (Å²) in [6, 6.07) is 15.1. The van der Waals surface area contributed by atoms with Crippen molar-refractivity contribution in [3.05, 3.63) is 60.4 Å². The van der Waals surface area contributed by atoms with E-state index in [1.807, 2.05) is 24.3 Å². The zero-order valence-corrected chi connectivity index (χ0v) is 13.1. The van der Waals surface area contributed by atoms with Crippen molar-refractivity contribution >= 4 is 24.2 Å². The zero-order chi connectivity index (χ0) is 17.6. The third kappa shape index (κ3) is 3.72. The van der Waals surface area contributed by atoms with Crippen molar-refractivity contribution in [1.29, 1.82) is 0 Å². The van der Waals surface area contributed by atoms with Crippen LogP contribution in [0.5, 0.6) is 0 Å². The van der Waals surface area contributed by atoms with Crippen molar-refractivity contribution in [1.82, 2.24) is 9.78 Å². The van der Waals surface area contributed by atoms with Gasteiger partial charge < -0.3 is 15.4 Å². The SMILES string of the molecule is O=CCNc1ccc(-c2cc(NC=O)nn2-c2ccc(F)cc2)cc1. The van der Waals surface area contributed by atoms with Gasteiger partial charge in [0.1, 0.15) is 12.1 Å². The molecule has 0 radical (unpaired) electrons. The van der Waals surface area contributed by atoms with Gasteiger partial charge in [-0.15, -0.1) is 5.10 Å². The second kappa shape index (κ2) is 7.39. The standard InChI is InChI=1S/C18H15FN4O2/c19-14-3-7-16(8-4-14)23-17(11-18(22-23)21-12-25)13-1-5-15(6-2-13)20-9-10-24/h1-8,10-12,20H,9H2,(H,21,22,25). The number of hydrogen-bond donors (Lipinski definition) is 2. The number of aromatic nitrogens is 2. The van der Waals surface area contributed by atoms with E-state index in [4.69, 9.17) is 0 Å². The number of rotatable bonds is 7. The lowest BCUT2D eigenvalue weighted by Gasteiger charge is -2.08. The van der Waals surface area contributed by atoms with E-state index in [0.29, 0.717) is 17.9 Å². The molecule has 0 unspecified atom stereocenters. The number of anilines is 2. The second-order valence-corrected chi connectivity index (χ2v) is 5.19. The summed E-state index contributed by atoms with van der Waals surface area (Å²) in [6.07, 6.45) is 1.34. The second-order valence-electron chi connectivity index (χ2n) is 5.19. The van der Waals surface area contributed by atoms with Crippen molar-refractivity contribution in [3.8, 4) is 16.9 Å². The van der Waals surface area contributed by atoms with Crippen molar-refractivity contribution in [2.75, 3.05) is 17.2 Å². The third-order valence-corrected chi connectivity index (χ3v) is 3.56. The van der Waals surface area contributed by atoms with E-state index in [-0.39, 0.29) is 12.4 Å². The van der Waals surface area contributed by atoms with Gasteiger partial charge >= 0.3 is 0 Å². The molecule has 6 nitrogen and oxygen atoms in total. The van der Waals surface area contributed by atoms with Gasteiger partial charge in [0, 0.05) is 17.3 Å². The molecule has 0 aliphatic heterocycles. The van der Waals surface area contributed by atoms with E-state index in [9.17, 15) is 14.0 Å². The van der Waals surface area contributed by atoms with Crippen LogP contribution < -0.4 is 10.6 Å². The van der Waals surface area contributed by atoms with Crippen LogP contribution in [0.15, 0.2) is 54.6 Å². The van der Waals surface area contributed by atoms with Crippen LogP contribution in [0.25, 0.3) is 16.9 Å². The van der Waals surface area contributed by atoms with E-state index in [1.165, 1.54) is 12.1 Å². The molecule has 0 spiro atoms. The van der Waals surface area contributed by atoms with Crippen LogP contribution in [0.4, 0.5) is 15.9 Å². The lowest BCUT2D eigenvalue weighted by atomic mass is 10.1. The number of aldehydes is 1. The molecular weight excluding hydrogens is 323 g/mol.